The Hall–Kier alpha value is -1.88. The SMILES string of the molecule is Cc1c(C(O)C(=O)O)c2ccc(F)cc2n1C. The molecule has 90 valence electrons. The summed E-state index contributed by atoms with van der Waals surface area (Å²) in [5.74, 6) is -1.71. The van der Waals surface area contributed by atoms with Crippen molar-refractivity contribution in [2.45, 2.75) is 13.0 Å². The highest BCUT2D eigenvalue weighted by Gasteiger charge is 2.24. The highest BCUT2D eigenvalue weighted by atomic mass is 19.1. The molecule has 1 aromatic carbocycles. The number of aliphatic carboxylic acids is 1. The molecule has 0 aliphatic carbocycles. The van der Waals surface area contributed by atoms with Crippen molar-refractivity contribution in [2.75, 3.05) is 0 Å². The van der Waals surface area contributed by atoms with Gasteiger partial charge >= 0.3 is 5.97 Å². The summed E-state index contributed by atoms with van der Waals surface area (Å²) in [5, 5.41) is 19.1. The topological polar surface area (TPSA) is 62.5 Å². The minimum Gasteiger partial charge on any atom is -0.479 e. The van der Waals surface area contributed by atoms with E-state index in [-0.39, 0.29) is 0 Å². The maximum atomic E-state index is 13.1. The second-order valence-corrected chi connectivity index (χ2v) is 3.96. The summed E-state index contributed by atoms with van der Waals surface area (Å²) in [6.45, 7) is 1.69. The van der Waals surface area contributed by atoms with Gasteiger partial charge in [-0.25, -0.2) is 9.18 Å². The molecule has 0 spiro atoms. The Morgan fingerprint density at radius 1 is 1.47 bits per heavy atom. The average molecular weight is 237 g/mol. The molecule has 17 heavy (non-hydrogen) atoms. The van der Waals surface area contributed by atoms with Crippen LogP contribution in [-0.4, -0.2) is 20.7 Å². The number of carboxylic acids is 1. The molecular formula is C12H12FNO3. The number of benzene rings is 1. The Kier molecular flexibility index (Phi) is 2.63. The van der Waals surface area contributed by atoms with Crippen LogP contribution in [-0.2, 0) is 11.8 Å². The van der Waals surface area contributed by atoms with Gasteiger partial charge < -0.3 is 14.8 Å². The number of rotatable bonds is 2. The lowest BCUT2D eigenvalue weighted by Crippen LogP contribution is -2.11. The predicted molar refractivity (Wildman–Crippen MR) is 60.2 cm³/mol. The lowest BCUT2D eigenvalue weighted by molar-refractivity contribution is -0.146. The van der Waals surface area contributed by atoms with E-state index in [1.165, 1.54) is 18.2 Å². The maximum Gasteiger partial charge on any atom is 0.337 e. The molecular weight excluding hydrogens is 225 g/mol. The molecule has 0 aliphatic rings. The van der Waals surface area contributed by atoms with Crippen LogP contribution in [0, 0.1) is 12.7 Å². The van der Waals surface area contributed by atoms with E-state index in [2.05, 4.69) is 0 Å². The van der Waals surface area contributed by atoms with Crippen LogP contribution in [0.15, 0.2) is 18.2 Å². The van der Waals surface area contributed by atoms with E-state index in [0.29, 0.717) is 22.2 Å². The fourth-order valence-electron chi connectivity index (χ4n) is 2.03. The molecule has 2 N–H and O–H groups in total. The Labute approximate surface area is 96.9 Å². The number of aryl methyl sites for hydroxylation is 1. The molecule has 0 saturated heterocycles. The fraction of sp³-hybridized carbons (Fsp3) is 0.250. The van der Waals surface area contributed by atoms with Crippen molar-refractivity contribution in [3.05, 3.63) is 35.3 Å². The quantitative estimate of drug-likeness (QED) is 0.836. The van der Waals surface area contributed by atoms with Gasteiger partial charge in [0.25, 0.3) is 0 Å². The smallest absolute Gasteiger partial charge is 0.337 e. The molecule has 4 nitrogen and oxygen atoms in total. The Morgan fingerprint density at radius 3 is 2.71 bits per heavy atom. The zero-order chi connectivity index (χ0) is 12.7. The summed E-state index contributed by atoms with van der Waals surface area (Å²) in [4.78, 5) is 10.8. The van der Waals surface area contributed by atoms with Crippen molar-refractivity contribution in [3.8, 4) is 0 Å². The fourth-order valence-corrected chi connectivity index (χ4v) is 2.03. The summed E-state index contributed by atoms with van der Waals surface area (Å²) in [6.07, 6.45) is -1.59. The third kappa shape index (κ3) is 1.68. The van der Waals surface area contributed by atoms with Gasteiger partial charge in [-0.15, -0.1) is 0 Å². The molecule has 1 heterocycles. The number of hydrogen-bond donors (Lipinski definition) is 2. The van der Waals surface area contributed by atoms with Gasteiger partial charge in [-0.2, -0.15) is 0 Å². The van der Waals surface area contributed by atoms with E-state index in [9.17, 15) is 14.3 Å². The Morgan fingerprint density at radius 2 is 2.12 bits per heavy atom. The van der Waals surface area contributed by atoms with E-state index < -0.39 is 17.9 Å². The molecule has 0 amide bonds. The van der Waals surface area contributed by atoms with Crippen molar-refractivity contribution < 1.29 is 19.4 Å². The molecule has 1 atom stereocenters. The molecule has 0 aliphatic heterocycles. The number of carbonyl (C=O) groups is 1. The van der Waals surface area contributed by atoms with Crippen LogP contribution < -0.4 is 0 Å². The second kappa shape index (κ2) is 3.85. The van der Waals surface area contributed by atoms with Crippen LogP contribution in [0.5, 0.6) is 0 Å². The highest BCUT2D eigenvalue weighted by molar-refractivity contribution is 5.90. The first kappa shape index (κ1) is 11.6. The van der Waals surface area contributed by atoms with Gasteiger partial charge in [-0.05, 0) is 25.1 Å². The molecule has 5 heteroatoms. The van der Waals surface area contributed by atoms with Crippen molar-refractivity contribution >= 4 is 16.9 Å². The van der Waals surface area contributed by atoms with E-state index in [0.717, 1.165) is 0 Å². The largest absolute Gasteiger partial charge is 0.479 e. The van der Waals surface area contributed by atoms with E-state index in [1.807, 2.05) is 0 Å². The van der Waals surface area contributed by atoms with Gasteiger partial charge in [-0.1, -0.05) is 0 Å². The highest BCUT2D eigenvalue weighted by Crippen LogP contribution is 2.30. The zero-order valence-corrected chi connectivity index (χ0v) is 9.44. The van der Waals surface area contributed by atoms with Crippen LogP contribution in [0.1, 0.15) is 17.4 Å². The normalized spacial score (nSPS) is 12.9. The van der Waals surface area contributed by atoms with Crippen molar-refractivity contribution in [3.63, 3.8) is 0 Å². The first-order valence-electron chi connectivity index (χ1n) is 5.08. The lowest BCUT2D eigenvalue weighted by Gasteiger charge is -2.06. The average Bonchev–Trinajstić information content (AvgIpc) is 2.51. The third-order valence-electron chi connectivity index (χ3n) is 3.01. The first-order valence-corrected chi connectivity index (χ1v) is 5.08. The number of aromatic nitrogens is 1. The molecule has 0 saturated carbocycles. The summed E-state index contributed by atoms with van der Waals surface area (Å²) >= 11 is 0. The van der Waals surface area contributed by atoms with E-state index in [1.54, 1.807) is 18.5 Å². The monoisotopic (exact) mass is 237 g/mol. The maximum absolute atomic E-state index is 13.1. The van der Waals surface area contributed by atoms with Gasteiger partial charge in [0.2, 0.25) is 0 Å². The summed E-state index contributed by atoms with van der Waals surface area (Å²) in [6, 6.07) is 4.05. The van der Waals surface area contributed by atoms with E-state index in [4.69, 9.17) is 5.11 Å². The summed E-state index contributed by atoms with van der Waals surface area (Å²) in [7, 11) is 1.70. The van der Waals surface area contributed by atoms with Gasteiger partial charge in [0.1, 0.15) is 5.82 Å². The van der Waals surface area contributed by atoms with Crippen LogP contribution >= 0.6 is 0 Å². The molecule has 0 fully saturated rings. The number of aliphatic hydroxyl groups excluding tert-OH is 1. The minimum absolute atomic E-state index is 0.315. The number of hydrogen-bond acceptors (Lipinski definition) is 2. The van der Waals surface area contributed by atoms with Gasteiger partial charge in [0.15, 0.2) is 6.10 Å². The number of carboxylic acid groups (broad SMARTS) is 1. The van der Waals surface area contributed by atoms with Gasteiger partial charge in [0, 0.05) is 23.7 Å². The minimum atomic E-state index is -1.59. The van der Waals surface area contributed by atoms with Crippen LogP contribution in [0.3, 0.4) is 0 Å². The Balaban J connectivity index is 2.80. The third-order valence-corrected chi connectivity index (χ3v) is 3.01. The van der Waals surface area contributed by atoms with Crippen molar-refractivity contribution in [1.82, 2.24) is 4.57 Å². The van der Waals surface area contributed by atoms with Gasteiger partial charge in [0.05, 0.1) is 5.52 Å². The Bertz CT molecular complexity index is 603. The standard InChI is InChI=1S/C12H12FNO3/c1-6-10(11(15)12(16)17)8-4-3-7(13)5-9(8)14(6)2/h3-5,11,15H,1-2H3,(H,16,17). The van der Waals surface area contributed by atoms with Gasteiger partial charge in [-0.3, -0.25) is 0 Å². The number of aliphatic hydroxyl groups is 1. The molecule has 2 aromatic rings. The van der Waals surface area contributed by atoms with Crippen LogP contribution in [0.2, 0.25) is 0 Å². The van der Waals surface area contributed by atoms with Crippen LogP contribution in [0.25, 0.3) is 10.9 Å². The summed E-state index contributed by atoms with van der Waals surface area (Å²) in [5.41, 5.74) is 1.49. The van der Waals surface area contributed by atoms with Crippen molar-refractivity contribution in [1.29, 1.82) is 0 Å². The molecule has 1 unspecified atom stereocenters. The molecule has 2 rings (SSSR count). The van der Waals surface area contributed by atoms with Crippen molar-refractivity contribution in [2.24, 2.45) is 7.05 Å². The van der Waals surface area contributed by atoms with E-state index >= 15 is 0 Å². The number of nitrogens with zero attached hydrogens (tertiary/aromatic N) is 1. The summed E-state index contributed by atoms with van der Waals surface area (Å²) < 4.78 is 14.8. The number of halogens is 1. The number of fused-ring (bicyclic) bond motifs is 1. The first-order chi connectivity index (χ1) is 7.93. The zero-order valence-electron chi connectivity index (χ0n) is 9.44. The van der Waals surface area contributed by atoms with Crippen LogP contribution in [0.4, 0.5) is 4.39 Å². The lowest BCUT2D eigenvalue weighted by atomic mass is 10.1. The molecule has 0 bridgehead atoms. The molecule has 0 radical (unpaired) electrons. The molecule has 1 aromatic heterocycles. The second-order valence-electron chi connectivity index (χ2n) is 3.96. The predicted octanol–water partition coefficient (Wildman–Crippen LogP) is 1.74.